The first-order chi connectivity index (χ1) is 15.4. The number of piperidine rings is 1. The van der Waals surface area contributed by atoms with E-state index in [1.54, 1.807) is 9.58 Å². The standard InChI is InChI=1S/C23H29N7O2/c1-13-9-15(10-14(2)25-13)17-5-7-24-21-18(17)6-8-30(21)23(31)26-19-11-16-12-29(3)28-20(16)27-22(19)32-4/h5,7,11-15,25H,6,8-10H2,1-4H3,(H,26,31)/t13-,14+,15?. The average Bonchev–Trinajstić information content (AvgIpc) is 3.34. The maximum atomic E-state index is 13.2. The van der Waals surface area contributed by atoms with Crippen molar-refractivity contribution in [1.29, 1.82) is 0 Å². The lowest BCUT2D eigenvalue weighted by atomic mass is 9.82. The maximum absolute atomic E-state index is 13.2. The van der Waals surface area contributed by atoms with E-state index in [0.717, 1.165) is 30.5 Å². The molecule has 2 aliphatic rings. The molecule has 3 aromatic heterocycles. The Bertz CT molecular complexity index is 1160. The molecule has 5 rings (SSSR count). The Kier molecular flexibility index (Phi) is 5.21. The van der Waals surface area contributed by atoms with Crippen LogP contribution >= 0.6 is 0 Å². The van der Waals surface area contributed by atoms with Gasteiger partial charge in [-0.25, -0.2) is 9.78 Å². The number of carbonyl (C=O) groups is 1. The predicted octanol–water partition coefficient (Wildman–Crippen LogP) is 3.21. The Balaban J connectivity index is 1.41. The molecule has 1 unspecified atom stereocenters. The predicted molar refractivity (Wildman–Crippen MR) is 123 cm³/mol. The molecule has 2 N–H and O–H groups in total. The van der Waals surface area contributed by atoms with Crippen molar-refractivity contribution < 1.29 is 9.53 Å². The molecule has 168 valence electrons. The monoisotopic (exact) mass is 435 g/mol. The van der Waals surface area contributed by atoms with Crippen LogP contribution in [-0.2, 0) is 13.5 Å². The molecule has 0 saturated carbocycles. The largest absolute Gasteiger partial charge is 0.479 e. The van der Waals surface area contributed by atoms with E-state index in [-0.39, 0.29) is 6.03 Å². The number of aromatic nitrogens is 4. The number of nitrogens with one attached hydrogen (secondary N) is 2. The van der Waals surface area contributed by atoms with Gasteiger partial charge in [0.25, 0.3) is 0 Å². The number of fused-ring (bicyclic) bond motifs is 2. The molecule has 0 spiro atoms. The van der Waals surface area contributed by atoms with Crippen molar-refractivity contribution in [2.45, 2.75) is 51.1 Å². The summed E-state index contributed by atoms with van der Waals surface area (Å²) in [6, 6.07) is 4.71. The fourth-order valence-electron chi connectivity index (χ4n) is 5.20. The third-order valence-corrected chi connectivity index (χ3v) is 6.45. The van der Waals surface area contributed by atoms with Gasteiger partial charge in [-0.2, -0.15) is 10.1 Å². The second kappa shape index (κ2) is 8.05. The first-order valence-electron chi connectivity index (χ1n) is 11.1. The molecule has 3 atom stereocenters. The van der Waals surface area contributed by atoms with Gasteiger partial charge in [0, 0.05) is 49.0 Å². The third-order valence-electron chi connectivity index (χ3n) is 6.45. The van der Waals surface area contributed by atoms with Gasteiger partial charge in [-0.05, 0) is 56.7 Å². The van der Waals surface area contributed by atoms with Gasteiger partial charge in [0.1, 0.15) is 11.5 Å². The lowest BCUT2D eigenvalue weighted by molar-refractivity contribution is 0.257. The number of anilines is 2. The zero-order chi connectivity index (χ0) is 22.4. The van der Waals surface area contributed by atoms with Crippen molar-refractivity contribution in [3.8, 4) is 5.88 Å². The normalized spacial score (nSPS) is 22.8. The lowest BCUT2D eigenvalue weighted by Gasteiger charge is -2.34. The molecule has 9 nitrogen and oxygen atoms in total. The number of hydrogen-bond acceptors (Lipinski definition) is 6. The van der Waals surface area contributed by atoms with E-state index < -0.39 is 0 Å². The van der Waals surface area contributed by atoms with Gasteiger partial charge in [-0.1, -0.05) is 0 Å². The molecule has 9 heteroatoms. The van der Waals surface area contributed by atoms with E-state index in [2.05, 4.69) is 45.6 Å². The van der Waals surface area contributed by atoms with Gasteiger partial charge in [0.05, 0.1) is 7.11 Å². The van der Waals surface area contributed by atoms with E-state index in [1.165, 1.54) is 18.2 Å². The second-order valence-electron chi connectivity index (χ2n) is 8.93. The van der Waals surface area contributed by atoms with Crippen LogP contribution in [0.15, 0.2) is 24.5 Å². The lowest BCUT2D eigenvalue weighted by Crippen LogP contribution is -2.41. The van der Waals surface area contributed by atoms with Gasteiger partial charge >= 0.3 is 6.03 Å². The molecule has 2 aliphatic heterocycles. The van der Waals surface area contributed by atoms with Crippen LogP contribution in [-0.4, -0.2) is 51.5 Å². The maximum Gasteiger partial charge on any atom is 0.327 e. The number of nitrogens with zero attached hydrogens (tertiary/aromatic N) is 5. The number of methoxy groups -OCH3 is 1. The second-order valence-corrected chi connectivity index (χ2v) is 8.93. The SMILES string of the molecule is COc1nc2nn(C)cc2cc1NC(=O)N1CCc2c(C3C[C@@H](C)N[C@@H](C)C3)ccnc21. The fourth-order valence-corrected chi connectivity index (χ4v) is 5.20. The quantitative estimate of drug-likeness (QED) is 0.656. The minimum absolute atomic E-state index is 0.233. The van der Waals surface area contributed by atoms with E-state index in [9.17, 15) is 4.79 Å². The Labute approximate surface area is 187 Å². The highest BCUT2D eigenvalue weighted by atomic mass is 16.5. The van der Waals surface area contributed by atoms with E-state index in [4.69, 9.17) is 4.74 Å². The van der Waals surface area contributed by atoms with Crippen LogP contribution in [0.25, 0.3) is 11.0 Å². The average molecular weight is 436 g/mol. The zero-order valence-electron chi connectivity index (χ0n) is 18.9. The Morgan fingerprint density at radius 1 is 1.28 bits per heavy atom. The van der Waals surface area contributed by atoms with Crippen LogP contribution in [0.5, 0.6) is 5.88 Å². The molecule has 1 saturated heterocycles. The van der Waals surface area contributed by atoms with E-state index in [1.807, 2.05) is 25.5 Å². The number of pyridine rings is 2. The van der Waals surface area contributed by atoms with Crippen LogP contribution in [0.3, 0.4) is 0 Å². The summed E-state index contributed by atoms with van der Waals surface area (Å²) in [7, 11) is 3.37. The molecule has 5 heterocycles. The molecule has 0 bridgehead atoms. The summed E-state index contributed by atoms with van der Waals surface area (Å²) < 4.78 is 7.09. The van der Waals surface area contributed by atoms with Crippen molar-refractivity contribution in [2.24, 2.45) is 7.05 Å². The van der Waals surface area contributed by atoms with Gasteiger partial charge in [-0.15, -0.1) is 0 Å². The highest BCUT2D eigenvalue weighted by Crippen LogP contribution is 2.38. The number of carbonyl (C=O) groups excluding carboxylic acids is 1. The van der Waals surface area contributed by atoms with E-state index >= 15 is 0 Å². The molecule has 0 aliphatic carbocycles. The number of hydrogen-bond donors (Lipinski definition) is 2. The third kappa shape index (κ3) is 3.66. The number of rotatable bonds is 3. The Hall–Kier alpha value is -3.20. The minimum Gasteiger partial charge on any atom is -0.479 e. The summed E-state index contributed by atoms with van der Waals surface area (Å²) in [5, 5.41) is 11.7. The van der Waals surface area contributed by atoms with Crippen molar-refractivity contribution in [2.75, 3.05) is 23.9 Å². The minimum atomic E-state index is -0.233. The van der Waals surface area contributed by atoms with Gasteiger partial charge in [-0.3, -0.25) is 9.58 Å². The van der Waals surface area contributed by atoms with Crippen molar-refractivity contribution in [1.82, 2.24) is 25.1 Å². The summed E-state index contributed by atoms with van der Waals surface area (Å²) in [4.78, 5) is 24.0. The number of ether oxygens (including phenoxy) is 1. The first kappa shape index (κ1) is 20.7. The van der Waals surface area contributed by atoms with Crippen LogP contribution in [0.4, 0.5) is 16.3 Å². The summed E-state index contributed by atoms with van der Waals surface area (Å²) in [5.41, 5.74) is 3.62. The van der Waals surface area contributed by atoms with Crippen LogP contribution in [0, 0.1) is 0 Å². The van der Waals surface area contributed by atoms with Crippen LogP contribution in [0.1, 0.15) is 43.7 Å². The molecule has 3 aromatic rings. The van der Waals surface area contributed by atoms with Gasteiger partial charge in [0.2, 0.25) is 5.88 Å². The molecular weight excluding hydrogens is 406 g/mol. The molecule has 2 amide bonds. The zero-order valence-corrected chi connectivity index (χ0v) is 18.9. The molecule has 1 fully saturated rings. The molecular formula is C23H29N7O2. The summed E-state index contributed by atoms with van der Waals surface area (Å²) in [6.45, 7) is 5.08. The Morgan fingerprint density at radius 3 is 2.81 bits per heavy atom. The van der Waals surface area contributed by atoms with E-state index in [0.29, 0.717) is 41.8 Å². The highest BCUT2D eigenvalue weighted by Gasteiger charge is 2.33. The molecule has 0 radical (unpaired) electrons. The fraction of sp³-hybridized carbons (Fsp3) is 0.478. The molecule has 0 aromatic carbocycles. The summed E-state index contributed by atoms with van der Waals surface area (Å²) in [6.07, 6.45) is 6.70. The highest BCUT2D eigenvalue weighted by molar-refractivity contribution is 6.04. The van der Waals surface area contributed by atoms with Crippen molar-refractivity contribution in [3.63, 3.8) is 0 Å². The summed E-state index contributed by atoms with van der Waals surface area (Å²) >= 11 is 0. The van der Waals surface area contributed by atoms with Crippen molar-refractivity contribution >= 4 is 28.6 Å². The van der Waals surface area contributed by atoms with Gasteiger partial charge < -0.3 is 15.4 Å². The smallest absolute Gasteiger partial charge is 0.327 e. The topological polar surface area (TPSA) is 97.2 Å². The van der Waals surface area contributed by atoms with Crippen molar-refractivity contribution in [3.05, 3.63) is 35.7 Å². The Morgan fingerprint density at radius 2 is 2.06 bits per heavy atom. The van der Waals surface area contributed by atoms with Crippen LogP contribution < -0.4 is 20.3 Å². The number of aryl methyl sites for hydroxylation is 1. The molecule has 32 heavy (non-hydrogen) atoms. The van der Waals surface area contributed by atoms with Gasteiger partial charge in [0.15, 0.2) is 5.65 Å². The first-order valence-corrected chi connectivity index (χ1v) is 11.1. The number of amides is 2. The number of urea groups is 1. The summed E-state index contributed by atoms with van der Waals surface area (Å²) in [5.74, 6) is 1.58. The van der Waals surface area contributed by atoms with Crippen LogP contribution in [0.2, 0.25) is 0 Å².